The van der Waals surface area contributed by atoms with Crippen molar-refractivity contribution in [3.63, 3.8) is 0 Å². The molecular weight excluding hydrogens is 463 g/mol. The molecular formula is C18H31IN4O2S. The molecule has 8 heteroatoms. The Labute approximate surface area is 177 Å². The summed E-state index contributed by atoms with van der Waals surface area (Å²) in [5.74, 6) is 0.851. The Morgan fingerprint density at radius 2 is 2.12 bits per heavy atom. The minimum absolute atomic E-state index is 0. The number of methoxy groups -OCH3 is 1. The normalized spacial score (nSPS) is 16.0. The van der Waals surface area contributed by atoms with Crippen LogP contribution >= 0.6 is 35.3 Å². The number of amides is 1. The molecule has 0 aliphatic carbocycles. The molecule has 0 radical (unpaired) electrons. The van der Waals surface area contributed by atoms with Crippen molar-refractivity contribution in [3.8, 4) is 0 Å². The first-order chi connectivity index (χ1) is 12.0. The van der Waals surface area contributed by atoms with Crippen LogP contribution in [-0.2, 0) is 10.2 Å². The lowest BCUT2D eigenvalue weighted by Gasteiger charge is -2.32. The van der Waals surface area contributed by atoms with Crippen molar-refractivity contribution in [1.82, 2.24) is 15.5 Å². The number of nitrogens with one attached hydrogen (secondary N) is 2. The molecule has 2 heterocycles. The minimum Gasteiger partial charge on any atom is -0.453 e. The third-order valence-electron chi connectivity index (χ3n) is 4.43. The van der Waals surface area contributed by atoms with E-state index >= 15 is 0 Å². The number of halogens is 1. The van der Waals surface area contributed by atoms with Gasteiger partial charge in [0.2, 0.25) is 0 Å². The highest BCUT2D eigenvalue weighted by Gasteiger charge is 2.25. The molecule has 1 aromatic rings. The van der Waals surface area contributed by atoms with E-state index in [1.165, 1.54) is 12.0 Å². The predicted octanol–water partition coefficient (Wildman–Crippen LogP) is 3.43. The average molecular weight is 494 g/mol. The third-order valence-corrected chi connectivity index (χ3v) is 5.67. The average Bonchev–Trinajstić information content (AvgIpc) is 3.15. The van der Waals surface area contributed by atoms with Crippen LogP contribution in [0.4, 0.5) is 4.79 Å². The van der Waals surface area contributed by atoms with Gasteiger partial charge in [-0.25, -0.2) is 4.79 Å². The molecule has 2 rings (SSSR count). The number of piperidine rings is 1. The summed E-state index contributed by atoms with van der Waals surface area (Å²) in [4.78, 5) is 19.5. The highest BCUT2D eigenvalue weighted by Crippen LogP contribution is 2.27. The lowest BCUT2D eigenvalue weighted by molar-refractivity contribution is 0.111. The number of carbonyl (C=O) groups excluding carboxylic acids is 1. The summed E-state index contributed by atoms with van der Waals surface area (Å²) in [6, 6.07) is 4.58. The molecule has 6 nitrogen and oxygen atoms in total. The lowest BCUT2D eigenvalue weighted by Crippen LogP contribution is -2.50. The highest BCUT2D eigenvalue weighted by atomic mass is 127. The fraction of sp³-hybridized carbons (Fsp3) is 0.667. The molecule has 1 aromatic heterocycles. The van der Waals surface area contributed by atoms with Gasteiger partial charge < -0.3 is 20.3 Å². The van der Waals surface area contributed by atoms with E-state index < -0.39 is 0 Å². The Kier molecular flexibility index (Phi) is 9.70. The quantitative estimate of drug-likeness (QED) is 0.374. The molecule has 1 amide bonds. The Morgan fingerprint density at radius 1 is 1.42 bits per heavy atom. The van der Waals surface area contributed by atoms with E-state index in [4.69, 9.17) is 9.73 Å². The molecule has 0 spiro atoms. The van der Waals surface area contributed by atoms with Gasteiger partial charge in [0.1, 0.15) is 0 Å². The highest BCUT2D eigenvalue weighted by molar-refractivity contribution is 14.0. The first kappa shape index (κ1) is 23.0. The van der Waals surface area contributed by atoms with Gasteiger partial charge in [0.15, 0.2) is 5.96 Å². The monoisotopic (exact) mass is 494 g/mol. The number of hydrogen-bond acceptors (Lipinski definition) is 4. The fourth-order valence-electron chi connectivity index (χ4n) is 2.87. The first-order valence-electron chi connectivity index (χ1n) is 8.88. The zero-order valence-electron chi connectivity index (χ0n) is 16.1. The molecule has 0 unspecified atom stereocenters. The number of ether oxygens (including phenoxy) is 1. The van der Waals surface area contributed by atoms with Gasteiger partial charge in [0.05, 0.1) is 13.7 Å². The summed E-state index contributed by atoms with van der Waals surface area (Å²) in [5.41, 5.74) is 0.0186. The standard InChI is InChI=1S/C18H30N4O2S.HI/c1-5-19-16(20-13-18(2,3)15-7-6-12-25-15)21-14-8-10-22(11-9-14)17(23)24-4;/h6-7,12,14H,5,8-11,13H2,1-4H3,(H2,19,20,21);1H. The molecule has 1 saturated heterocycles. The van der Waals surface area contributed by atoms with Gasteiger partial charge >= 0.3 is 6.09 Å². The maximum Gasteiger partial charge on any atom is 0.409 e. The van der Waals surface area contributed by atoms with E-state index in [1.54, 1.807) is 16.2 Å². The van der Waals surface area contributed by atoms with E-state index in [1.807, 2.05) is 0 Å². The molecule has 1 fully saturated rings. The van der Waals surface area contributed by atoms with Crippen molar-refractivity contribution >= 4 is 47.4 Å². The van der Waals surface area contributed by atoms with Crippen LogP contribution in [-0.4, -0.2) is 56.3 Å². The van der Waals surface area contributed by atoms with Gasteiger partial charge in [-0.15, -0.1) is 35.3 Å². The van der Waals surface area contributed by atoms with Crippen molar-refractivity contribution in [2.45, 2.75) is 45.1 Å². The number of carbonyl (C=O) groups is 1. The Bertz CT molecular complexity index is 570. The zero-order chi connectivity index (χ0) is 18.3. The van der Waals surface area contributed by atoms with Crippen LogP contribution in [0.1, 0.15) is 38.5 Å². The SMILES string of the molecule is CCNC(=NCC(C)(C)c1cccs1)NC1CCN(C(=O)OC)CC1.I. The first-order valence-corrected chi connectivity index (χ1v) is 9.76. The van der Waals surface area contributed by atoms with Crippen molar-refractivity contribution < 1.29 is 9.53 Å². The summed E-state index contributed by atoms with van der Waals surface area (Å²) in [6.45, 7) is 9.49. The largest absolute Gasteiger partial charge is 0.453 e. The van der Waals surface area contributed by atoms with Gasteiger partial charge in [-0.3, -0.25) is 4.99 Å². The number of hydrogen-bond donors (Lipinski definition) is 2. The van der Waals surface area contributed by atoms with E-state index in [-0.39, 0.29) is 35.5 Å². The zero-order valence-corrected chi connectivity index (χ0v) is 19.2. The maximum absolute atomic E-state index is 11.6. The van der Waals surface area contributed by atoms with Crippen LogP contribution in [0.3, 0.4) is 0 Å². The molecule has 0 saturated carbocycles. The van der Waals surface area contributed by atoms with E-state index in [9.17, 15) is 4.79 Å². The number of nitrogens with zero attached hydrogens (tertiary/aromatic N) is 2. The summed E-state index contributed by atoms with van der Waals surface area (Å²) in [5, 5.41) is 8.96. The number of thiophene rings is 1. The molecule has 0 bridgehead atoms. The van der Waals surface area contributed by atoms with Gasteiger partial charge in [-0.2, -0.15) is 0 Å². The summed E-state index contributed by atoms with van der Waals surface area (Å²) in [7, 11) is 1.43. The number of rotatable bonds is 5. The molecule has 0 aromatic carbocycles. The second kappa shape index (κ2) is 11.0. The Morgan fingerprint density at radius 3 is 2.65 bits per heavy atom. The van der Waals surface area contributed by atoms with Crippen LogP contribution < -0.4 is 10.6 Å². The molecule has 0 atom stereocenters. The van der Waals surface area contributed by atoms with Gasteiger partial charge in [-0.1, -0.05) is 19.9 Å². The number of likely N-dealkylation sites (tertiary alicyclic amines) is 1. The molecule has 2 N–H and O–H groups in total. The van der Waals surface area contributed by atoms with Crippen LogP contribution in [0.15, 0.2) is 22.5 Å². The van der Waals surface area contributed by atoms with Crippen molar-refractivity contribution in [1.29, 1.82) is 0 Å². The number of guanidine groups is 1. The smallest absolute Gasteiger partial charge is 0.409 e. The minimum atomic E-state index is -0.239. The summed E-state index contributed by atoms with van der Waals surface area (Å²) >= 11 is 1.78. The molecule has 1 aliphatic heterocycles. The lowest BCUT2D eigenvalue weighted by atomic mass is 9.92. The van der Waals surface area contributed by atoms with Crippen LogP contribution in [0.5, 0.6) is 0 Å². The molecule has 1 aliphatic rings. The second-order valence-corrected chi connectivity index (χ2v) is 7.88. The number of aliphatic imine (C=N–C) groups is 1. The predicted molar refractivity (Wildman–Crippen MR) is 119 cm³/mol. The van der Waals surface area contributed by atoms with Gasteiger partial charge in [-0.05, 0) is 31.2 Å². The summed E-state index contributed by atoms with van der Waals surface area (Å²) in [6.07, 6.45) is 1.55. The summed E-state index contributed by atoms with van der Waals surface area (Å²) < 4.78 is 4.79. The Balaban J connectivity index is 0.00000338. The van der Waals surface area contributed by atoms with Gasteiger partial charge in [0, 0.05) is 36.0 Å². The van der Waals surface area contributed by atoms with Crippen LogP contribution in [0.2, 0.25) is 0 Å². The van der Waals surface area contributed by atoms with Crippen molar-refractivity contribution in [3.05, 3.63) is 22.4 Å². The van der Waals surface area contributed by atoms with E-state index in [0.717, 1.165) is 31.9 Å². The molecule has 26 heavy (non-hydrogen) atoms. The van der Waals surface area contributed by atoms with Crippen molar-refractivity contribution in [2.75, 3.05) is 33.3 Å². The molecule has 148 valence electrons. The second-order valence-electron chi connectivity index (χ2n) is 6.93. The van der Waals surface area contributed by atoms with E-state index in [2.05, 4.69) is 48.9 Å². The fourth-order valence-corrected chi connectivity index (χ4v) is 3.71. The van der Waals surface area contributed by atoms with Gasteiger partial charge in [0.25, 0.3) is 0 Å². The van der Waals surface area contributed by atoms with Crippen LogP contribution in [0, 0.1) is 0 Å². The van der Waals surface area contributed by atoms with Crippen molar-refractivity contribution in [2.24, 2.45) is 4.99 Å². The van der Waals surface area contributed by atoms with Crippen LogP contribution in [0.25, 0.3) is 0 Å². The van der Waals surface area contributed by atoms with E-state index in [0.29, 0.717) is 19.1 Å². The Hall–Kier alpha value is -1.03. The third kappa shape index (κ3) is 6.61. The maximum atomic E-state index is 11.6. The topological polar surface area (TPSA) is 66.0 Å².